The Morgan fingerprint density at radius 2 is 2.14 bits per heavy atom. The Bertz CT molecular complexity index is 634. The van der Waals surface area contributed by atoms with E-state index in [9.17, 15) is 0 Å². The third-order valence-electron chi connectivity index (χ3n) is 4.18. The average Bonchev–Trinajstić information content (AvgIpc) is 3.02. The molecule has 1 fully saturated rings. The van der Waals surface area contributed by atoms with Gasteiger partial charge in [-0.2, -0.15) is 5.10 Å². The van der Waals surface area contributed by atoms with Gasteiger partial charge in [0.15, 0.2) is 5.82 Å². The number of rotatable bonds is 4. The zero-order chi connectivity index (χ0) is 15.8. The lowest BCUT2D eigenvalue weighted by molar-refractivity contribution is -0.0699. The minimum atomic E-state index is -0.151. The van der Waals surface area contributed by atoms with E-state index in [0.717, 1.165) is 18.8 Å². The quantitative estimate of drug-likeness (QED) is 0.943. The van der Waals surface area contributed by atoms with Gasteiger partial charge in [0, 0.05) is 31.2 Å². The van der Waals surface area contributed by atoms with Gasteiger partial charge in [-0.05, 0) is 57.9 Å². The summed E-state index contributed by atoms with van der Waals surface area (Å²) in [6.45, 7) is 9.41. The van der Waals surface area contributed by atoms with Crippen LogP contribution in [0.5, 0.6) is 0 Å². The predicted octanol–water partition coefficient (Wildman–Crippen LogP) is 2.70. The number of hydrogen-bond acceptors (Lipinski definition) is 4. The highest BCUT2D eigenvalue weighted by atomic mass is 16.5. The summed E-state index contributed by atoms with van der Waals surface area (Å²) in [5, 5.41) is 7.85. The van der Waals surface area contributed by atoms with Crippen LogP contribution in [0.3, 0.4) is 0 Å². The molecule has 1 N–H and O–H groups in total. The summed E-state index contributed by atoms with van der Waals surface area (Å²) in [5.74, 6) is 0.839. The van der Waals surface area contributed by atoms with E-state index in [-0.39, 0.29) is 11.2 Å². The van der Waals surface area contributed by atoms with Crippen molar-refractivity contribution in [2.24, 2.45) is 0 Å². The molecular weight excluding hydrogens is 276 g/mol. The first-order valence-corrected chi connectivity index (χ1v) is 7.74. The number of nitrogens with zero attached hydrogens (tertiary/aromatic N) is 3. The van der Waals surface area contributed by atoms with Crippen LogP contribution < -0.4 is 5.32 Å². The molecule has 5 heteroatoms. The minimum absolute atomic E-state index is 0.0698. The first-order chi connectivity index (χ1) is 10.4. The van der Waals surface area contributed by atoms with Gasteiger partial charge in [-0.1, -0.05) is 0 Å². The second-order valence-electron chi connectivity index (χ2n) is 7.08. The van der Waals surface area contributed by atoms with Gasteiger partial charge in [0.2, 0.25) is 0 Å². The second kappa shape index (κ2) is 5.48. The minimum Gasteiger partial charge on any atom is -0.368 e. The molecule has 3 rings (SSSR count). The van der Waals surface area contributed by atoms with Gasteiger partial charge in [0.05, 0.1) is 11.2 Å². The van der Waals surface area contributed by atoms with Gasteiger partial charge < -0.3 is 10.1 Å². The van der Waals surface area contributed by atoms with E-state index in [0.29, 0.717) is 6.04 Å². The average molecular weight is 300 g/mol. The zero-order valence-corrected chi connectivity index (χ0v) is 13.7. The van der Waals surface area contributed by atoms with E-state index in [1.807, 2.05) is 24.5 Å². The first-order valence-electron chi connectivity index (χ1n) is 7.74. The number of hydrogen-bond donors (Lipinski definition) is 1. The van der Waals surface area contributed by atoms with Crippen molar-refractivity contribution in [3.05, 3.63) is 42.4 Å². The Kier molecular flexibility index (Phi) is 3.78. The Morgan fingerprint density at radius 1 is 1.32 bits per heavy atom. The van der Waals surface area contributed by atoms with Crippen LogP contribution in [0.1, 0.15) is 39.7 Å². The Balaban J connectivity index is 1.68. The Morgan fingerprint density at radius 3 is 2.77 bits per heavy atom. The third kappa shape index (κ3) is 3.20. The van der Waals surface area contributed by atoms with Crippen LogP contribution in [0.2, 0.25) is 0 Å². The van der Waals surface area contributed by atoms with Gasteiger partial charge in [0.25, 0.3) is 0 Å². The van der Waals surface area contributed by atoms with Crippen molar-refractivity contribution in [2.45, 2.75) is 57.9 Å². The maximum absolute atomic E-state index is 6.13. The van der Waals surface area contributed by atoms with Crippen molar-refractivity contribution in [1.29, 1.82) is 0 Å². The molecule has 2 aromatic rings. The third-order valence-corrected chi connectivity index (χ3v) is 4.18. The smallest absolute Gasteiger partial charge is 0.153 e. The molecule has 2 aromatic heterocycles. The molecular formula is C17H24N4O. The fourth-order valence-corrected chi connectivity index (χ4v) is 3.22. The summed E-state index contributed by atoms with van der Waals surface area (Å²) in [6.07, 6.45) is 6.49. The van der Waals surface area contributed by atoms with E-state index in [2.05, 4.69) is 49.2 Å². The van der Waals surface area contributed by atoms with Crippen molar-refractivity contribution >= 4 is 0 Å². The van der Waals surface area contributed by atoms with Gasteiger partial charge in [-0.3, -0.25) is 0 Å². The molecule has 0 radical (unpaired) electrons. The number of pyridine rings is 1. The predicted molar refractivity (Wildman–Crippen MR) is 85.8 cm³/mol. The zero-order valence-electron chi connectivity index (χ0n) is 13.7. The molecule has 0 bridgehead atoms. The lowest BCUT2D eigenvalue weighted by atomic mass is 9.94. The summed E-state index contributed by atoms with van der Waals surface area (Å²) >= 11 is 0. The first kappa shape index (κ1) is 15.2. The number of ether oxygens (including phenoxy) is 1. The van der Waals surface area contributed by atoms with E-state index in [1.54, 1.807) is 10.9 Å². The molecule has 1 unspecified atom stereocenters. The lowest BCUT2D eigenvalue weighted by Gasteiger charge is -2.28. The fraction of sp³-hybridized carbons (Fsp3) is 0.529. The van der Waals surface area contributed by atoms with E-state index >= 15 is 0 Å². The van der Waals surface area contributed by atoms with Gasteiger partial charge in [-0.25, -0.2) is 9.67 Å². The van der Waals surface area contributed by atoms with Crippen LogP contribution in [0, 0.1) is 0 Å². The van der Waals surface area contributed by atoms with E-state index in [1.165, 1.54) is 5.56 Å². The van der Waals surface area contributed by atoms with Crippen LogP contribution in [0.15, 0.2) is 36.8 Å². The molecule has 1 atom stereocenters. The summed E-state index contributed by atoms with van der Waals surface area (Å²) < 4.78 is 7.90. The molecule has 118 valence electrons. The van der Waals surface area contributed by atoms with Crippen molar-refractivity contribution in [2.75, 3.05) is 0 Å². The van der Waals surface area contributed by atoms with Crippen molar-refractivity contribution in [3.8, 4) is 5.82 Å². The molecule has 0 aromatic carbocycles. The summed E-state index contributed by atoms with van der Waals surface area (Å²) in [6, 6.07) is 6.33. The lowest BCUT2D eigenvalue weighted by Crippen LogP contribution is -2.42. The highest BCUT2D eigenvalue weighted by Gasteiger charge is 2.45. The molecule has 1 saturated heterocycles. The fourth-order valence-electron chi connectivity index (χ4n) is 3.22. The molecule has 22 heavy (non-hydrogen) atoms. The van der Waals surface area contributed by atoms with Crippen LogP contribution in [-0.4, -0.2) is 32.0 Å². The van der Waals surface area contributed by atoms with Crippen molar-refractivity contribution in [1.82, 2.24) is 20.1 Å². The maximum Gasteiger partial charge on any atom is 0.153 e. The van der Waals surface area contributed by atoms with Gasteiger partial charge in [0.1, 0.15) is 0 Å². The molecule has 5 nitrogen and oxygen atoms in total. The number of nitrogens with one attached hydrogen (secondary N) is 1. The normalized spacial score (nSPS) is 22.8. The molecule has 0 spiro atoms. The van der Waals surface area contributed by atoms with Crippen LogP contribution in [-0.2, 0) is 11.3 Å². The molecule has 1 aliphatic heterocycles. The summed E-state index contributed by atoms with van der Waals surface area (Å²) in [7, 11) is 0. The molecule has 3 heterocycles. The molecule has 0 saturated carbocycles. The summed E-state index contributed by atoms with van der Waals surface area (Å²) in [4.78, 5) is 4.36. The van der Waals surface area contributed by atoms with Crippen molar-refractivity contribution in [3.63, 3.8) is 0 Å². The second-order valence-corrected chi connectivity index (χ2v) is 7.08. The monoisotopic (exact) mass is 300 g/mol. The number of aromatic nitrogens is 3. The van der Waals surface area contributed by atoms with Gasteiger partial charge in [-0.15, -0.1) is 0 Å². The molecule has 0 aliphatic carbocycles. The Hall–Kier alpha value is -1.72. The highest BCUT2D eigenvalue weighted by molar-refractivity contribution is 5.27. The van der Waals surface area contributed by atoms with Gasteiger partial charge >= 0.3 is 0 Å². The van der Waals surface area contributed by atoms with Crippen molar-refractivity contribution < 1.29 is 4.74 Å². The van der Waals surface area contributed by atoms with Crippen LogP contribution in [0.4, 0.5) is 0 Å². The standard InChI is InChI=1S/C17H24N4O/c1-16(2)11-14(17(3,4)22-16)19-12-13-6-8-18-15(10-13)21-9-5-7-20-21/h5-10,14,19H,11-12H2,1-4H3. The topological polar surface area (TPSA) is 52.0 Å². The van der Waals surface area contributed by atoms with Crippen LogP contribution in [0.25, 0.3) is 5.82 Å². The highest BCUT2D eigenvalue weighted by Crippen LogP contribution is 2.37. The SMILES string of the molecule is CC1(C)CC(NCc2ccnc(-n3cccn3)c2)C(C)(C)O1. The maximum atomic E-state index is 6.13. The largest absolute Gasteiger partial charge is 0.368 e. The van der Waals surface area contributed by atoms with E-state index < -0.39 is 0 Å². The van der Waals surface area contributed by atoms with Crippen LogP contribution >= 0.6 is 0 Å². The van der Waals surface area contributed by atoms with E-state index in [4.69, 9.17) is 4.74 Å². The molecule has 1 aliphatic rings. The summed E-state index contributed by atoms with van der Waals surface area (Å²) in [5.41, 5.74) is 0.974. The Labute approximate surface area is 131 Å². The molecule has 0 amide bonds.